The molecule has 0 spiro atoms. The van der Waals surface area contributed by atoms with Gasteiger partial charge in [-0.3, -0.25) is 0 Å². The molecular formula is C15H15BrClN3S. The van der Waals surface area contributed by atoms with Crippen LogP contribution in [-0.4, -0.2) is 16.5 Å². The number of nitrogens with two attached hydrogens (primary N) is 1. The van der Waals surface area contributed by atoms with Gasteiger partial charge >= 0.3 is 0 Å². The van der Waals surface area contributed by atoms with Gasteiger partial charge in [0.15, 0.2) is 0 Å². The van der Waals surface area contributed by atoms with Crippen molar-refractivity contribution in [2.24, 2.45) is 5.73 Å². The maximum atomic E-state index is 6.37. The van der Waals surface area contributed by atoms with Crippen molar-refractivity contribution >= 4 is 49.8 Å². The van der Waals surface area contributed by atoms with Gasteiger partial charge in [0.05, 0.1) is 16.2 Å². The van der Waals surface area contributed by atoms with Gasteiger partial charge in [-0.15, -0.1) is 11.3 Å². The highest BCUT2D eigenvalue weighted by atomic mass is 79.9. The van der Waals surface area contributed by atoms with Gasteiger partial charge in [-0.05, 0) is 43.5 Å². The molecule has 2 heterocycles. The van der Waals surface area contributed by atoms with Crippen LogP contribution in [0.4, 0.5) is 0 Å². The number of fused-ring (bicyclic) bond motifs is 1. The van der Waals surface area contributed by atoms with Crippen LogP contribution in [0.25, 0.3) is 21.6 Å². The number of hydrogen-bond acceptors (Lipinski definition) is 3. The minimum absolute atomic E-state index is 0.722. The van der Waals surface area contributed by atoms with Crippen molar-refractivity contribution in [2.75, 3.05) is 6.54 Å². The second-order valence-corrected chi connectivity index (χ2v) is 7.09. The summed E-state index contributed by atoms with van der Waals surface area (Å²) in [7, 11) is 0. The summed E-state index contributed by atoms with van der Waals surface area (Å²) in [5, 5.41) is 4.88. The summed E-state index contributed by atoms with van der Waals surface area (Å²) < 4.78 is 0.991. The van der Waals surface area contributed by atoms with Crippen LogP contribution in [0, 0.1) is 0 Å². The second-order valence-electron chi connectivity index (χ2n) is 4.87. The maximum Gasteiger partial charge on any atom is 0.139 e. The average molecular weight is 385 g/mol. The van der Waals surface area contributed by atoms with Crippen LogP contribution in [0.3, 0.4) is 0 Å². The summed E-state index contributed by atoms with van der Waals surface area (Å²) in [6.45, 7) is 0.722. The Morgan fingerprint density at radius 2 is 2.19 bits per heavy atom. The van der Waals surface area contributed by atoms with Gasteiger partial charge in [0.1, 0.15) is 5.01 Å². The van der Waals surface area contributed by atoms with E-state index in [9.17, 15) is 0 Å². The van der Waals surface area contributed by atoms with Crippen molar-refractivity contribution in [3.63, 3.8) is 0 Å². The SMILES string of the molecule is NCCCCc1c(-c2nccs2)[nH]c2c(Cl)cc(Br)cc12. The van der Waals surface area contributed by atoms with Gasteiger partial charge < -0.3 is 10.7 Å². The zero-order valence-electron chi connectivity index (χ0n) is 11.3. The van der Waals surface area contributed by atoms with Crippen LogP contribution < -0.4 is 5.73 Å². The van der Waals surface area contributed by atoms with Gasteiger partial charge in [0, 0.05) is 21.4 Å². The first-order valence-electron chi connectivity index (χ1n) is 6.80. The van der Waals surface area contributed by atoms with Crippen LogP contribution in [0.5, 0.6) is 0 Å². The number of benzene rings is 1. The number of nitrogens with one attached hydrogen (secondary N) is 1. The van der Waals surface area contributed by atoms with Gasteiger partial charge in [-0.1, -0.05) is 27.5 Å². The molecule has 3 aromatic rings. The lowest BCUT2D eigenvalue weighted by molar-refractivity contribution is 0.748. The first-order chi connectivity index (χ1) is 10.2. The maximum absolute atomic E-state index is 6.37. The molecule has 0 radical (unpaired) electrons. The molecule has 2 aromatic heterocycles. The summed E-state index contributed by atoms with van der Waals surface area (Å²) in [6.07, 6.45) is 4.88. The van der Waals surface area contributed by atoms with Crippen molar-refractivity contribution in [3.8, 4) is 10.7 Å². The fourth-order valence-corrected chi connectivity index (χ4v) is 4.03. The third kappa shape index (κ3) is 3.01. The summed E-state index contributed by atoms with van der Waals surface area (Å²) >= 11 is 11.5. The largest absolute Gasteiger partial charge is 0.351 e. The summed E-state index contributed by atoms with van der Waals surface area (Å²) in [6, 6.07) is 4.03. The number of aromatic amines is 1. The highest BCUT2D eigenvalue weighted by Crippen LogP contribution is 2.37. The number of hydrogen-bond donors (Lipinski definition) is 2. The van der Waals surface area contributed by atoms with E-state index >= 15 is 0 Å². The molecule has 3 rings (SSSR count). The minimum atomic E-state index is 0.722. The Labute approximate surface area is 140 Å². The number of rotatable bonds is 5. The zero-order chi connectivity index (χ0) is 14.8. The highest BCUT2D eigenvalue weighted by Gasteiger charge is 2.17. The third-order valence-corrected chi connectivity index (χ3v) is 5.01. The molecule has 3 N–H and O–H groups in total. The molecule has 0 fully saturated rings. The topological polar surface area (TPSA) is 54.7 Å². The number of unbranched alkanes of at least 4 members (excludes halogenated alkanes) is 1. The van der Waals surface area contributed by atoms with E-state index in [-0.39, 0.29) is 0 Å². The predicted molar refractivity (Wildman–Crippen MR) is 94.1 cm³/mol. The Hall–Kier alpha value is -0.880. The van der Waals surface area contributed by atoms with Crippen molar-refractivity contribution < 1.29 is 0 Å². The molecule has 0 aliphatic carbocycles. The van der Waals surface area contributed by atoms with Crippen LogP contribution in [0.2, 0.25) is 5.02 Å². The molecule has 0 aliphatic heterocycles. The second kappa shape index (κ2) is 6.48. The molecule has 0 unspecified atom stereocenters. The molecule has 110 valence electrons. The highest BCUT2D eigenvalue weighted by molar-refractivity contribution is 9.10. The lowest BCUT2D eigenvalue weighted by atomic mass is 10.0. The molecule has 6 heteroatoms. The molecule has 21 heavy (non-hydrogen) atoms. The molecule has 0 bridgehead atoms. The van der Waals surface area contributed by atoms with Crippen LogP contribution >= 0.6 is 38.9 Å². The molecule has 0 aliphatic rings. The first kappa shape index (κ1) is 15.0. The quantitative estimate of drug-likeness (QED) is 0.609. The van der Waals surface area contributed by atoms with Crippen molar-refractivity contribution in [1.29, 1.82) is 0 Å². The number of H-pyrrole nitrogens is 1. The predicted octanol–water partition coefficient (Wildman–Crippen LogP) is 4.99. The smallest absolute Gasteiger partial charge is 0.139 e. The Bertz CT molecular complexity index is 752. The van der Waals surface area contributed by atoms with E-state index in [0.29, 0.717) is 0 Å². The lowest BCUT2D eigenvalue weighted by Gasteiger charge is -2.03. The summed E-state index contributed by atoms with van der Waals surface area (Å²) in [4.78, 5) is 7.88. The average Bonchev–Trinajstić information content (AvgIpc) is 3.07. The third-order valence-electron chi connectivity index (χ3n) is 3.46. The number of aromatic nitrogens is 2. The van der Waals surface area contributed by atoms with E-state index in [1.807, 2.05) is 17.6 Å². The molecule has 0 amide bonds. The molecule has 0 saturated carbocycles. The molecule has 0 atom stereocenters. The van der Waals surface area contributed by atoms with Crippen LogP contribution in [0.15, 0.2) is 28.2 Å². The van der Waals surface area contributed by atoms with E-state index in [1.54, 1.807) is 11.3 Å². The van der Waals surface area contributed by atoms with Gasteiger partial charge in [-0.2, -0.15) is 0 Å². The van der Waals surface area contributed by atoms with Gasteiger partial charge in [-0.25, -0.2) is 4.98 Å². The van der Waals surface area contributed by atoms with E-state index < -0.39 is 0 Å². The number of halogens is 2. The van der Waals surface area contributed by atoms with Gasteiger partial charge in [0.25, 0.3) is 0 Å². The minimum Gasteiger partial charge on any atom is -0.351 e. The Morgan fingerprint density at radius 3 is 2.90 bits per heavy atom. The van der Waals surface area contributed by atoms with E-state index in [1.165, 1.54) is 5.56 Å². The first-order valence-corrected chi connectivity index (χ1v) is 8.85. The Morgan fingerprint density at radius 1 is 1.33 bits per heavy atom. The molecule has 3 nitrogen and oxygen atoms in total. The van der Waals surface area contributed by atoms with E-state index in [2.05, 4.69) is 32.0 Å². The number of thiazole rings is 1. The Kier molecular flexibility index (Phi) is 4.64. The fourth-order valence-electron chi connectivity index (χ4n) is 2.51. The molecule has 0 saturated heterocycles. The standard InChI is InChI=1S/C15H15BrClN3S/c16-9-7-11-10(3-1-2-4-18)14(15-19-5-6-21-15)20-13(11)12(17)8-9/h5-8,20H,1-4,18H2. The van der Waals surface area contributed by atoms with E-state index in [4.69, 9.17) is 17.3 Å². The monoisotopic (exact) mass is 383 g/mol. The van der Waals surface area contributed by atoms with Crippen LogP contribution in [0.1, 0.15) is 18.4 Å². The summed E-state index contributed by atoms with van der Waals surface area (Å²) in [5.41, 5.74) is 8.95. The van der Waals surface area contributed by atoms with Crippen molar-refractivity contribution in [2.45, 2.75) is 19.3 Å². The fraction of sp³-hybridized carbons (Fsp3) is 0.267. The van der Waals surface area contributed by atoms with Crippen molar-refractivity contribution in [3.05, 3.63) is 38.8 Å². The number of aryl methyl sites for hydroxylation is 1. The zero-order valence-corrected chi connectivity index (χ0v) is 14.5. The Balaban J connectivity index is 2.16. The van der Waals surface area contributed by atoms with Gasteiger partial charge in [0.2, 0.25) is 0 Å². The normalized spacial score (nSPS) is 11.4. The lowest BCUT2D eigenvalue weighted by Crippen LogP contribution is -1.99. The molecule has 1 aromatic carbocycles. The summed E-state index contributed by atoms with van der Waals surface area (Å²) in [5.74, 6) is 0. The number of nitrogens with zero attached hydrogens (tertiary/aromatic N) is 1. The van der Waals surface area contributed by atoms with Crippen molar-refractivity contribution in [1.82, 2.24) is 9.97 Å². The van der Waals surface area contributed by atoms with Crippen LogP contribution in [-0.2, 0) is 6.42 Å². The van der Waals surface area contributed by atoms with E-state index in [0.717, 1.165) is 56.9 Å². The molecular weight excluding hydrogens is 370 g/mol.